The summed E-state index contributed by atoms with van der Waals surface area (Å²) >= 11 is 0. The standard InChI is InChI=1S/C12H9N4/c1-2-4-9(5-3-1)10-11-12(16-8-15-10)14-7-6-13-11/h1-7,13H,(H,14,15,16). The first-order valence-corrected chi connectivity index (χ1v) is 4.96. The number of benzene rings is 1. The monoisotopic (exact) mass is 209 g/mol. The molecule has 0 spiro atoms. The highest BCUT2D eigenvalue weighted by molar-refractivity contribution is 6.12. The number of amidine groups is 1. The van der Waals surface area contributed by atoms with Gasteiger partial charge in [0.1, 0.15) is 11.4 Å². The van der Waals surface area contributed by atoms with Crippen molar-refractivity contribution >= 4 is 17.9 Å². The Hall–Kier alpha value is -2.36. The summed E-state index contributed by atoms with van der Waals surface area (Å²) in [6.45, 7) is 0. The molecule has 2 aliphatic rings. The zero-order valence-electron chi connectivity index (χ0n) is 8.44. The second-order valence-electron chi connectivity index (χ2n) is 3.38. The second kappa shape index (κ2) is 3.66. The van der Waals surface area contributed by atoms with E-state index in [0.29, 0.717) is 0 Å². The molecule has 0 saturated carbocycles. The number of hydrogen-bond acceptors (Lipinski definition) is 4. The maximum absolute atomic E-state index is 4.23. The smallest absolute Gasteiger partial charge is 0.175 e. The van der Waals surface area contributed by atoms with E-state index in [1.54, 1.807) is 12.4 Å². The first-order valence-electron chi connectivity index (χ1n) is 4.96. The third-order valence-electron chi connectivity index (χ3n) is 2.37. The number of rotatable bonds is 1. The minimum Gasteiger partial charge on any atom is -0.355 e. The molecule has 0 aromatic heterocycles. The Morgan fingerprint density at radius 2 is 2.00 bits per heavy atom. The van der Waals surface area contributed by atoms with E-state index in [9.17, 15) is 0 Å². The van der Waals surface area contributed by atoms with Gasteiger partial charge in [-0.05, 0) is 0 Å². The van der Waals surface area contributed by atoms with Gasteiger partial charge in [-0.1, -0.05) is 30.3 Å². The zero-order chi connectivity index (χ0) is 10.8. The summed E-state index contributed by atoms with van der Waals surface area (Å²) in [5.41, 5.74) is 2.77. The SMILES string of the molecule is [C]1=NC(c2ccccc2)=C2NC=CN=C2N1. The maximum atomic E-state index is 4.23. The Labute approximate surface area is 93.1 Å². The lowest BCUT2D eigenvalue weighted by Gasteiger charge is -2.19. The molecule has 4 heteroatoms. The molecule has 2 aliphatic heterocycles. The summed E-state index contributed by atoms with van der Waals surface area (Å²) in [7, 11) is 0. The maximum Gasteiger partial charge on any atom is 0.175 e. The van der Waals surface area contributed by atoms with E-state index in [1.165, 1.54) is 0 Å². The van der Waals surface area contributed by atoms with E-state index >= 15 is 0 Å². The second-order valence-corrected chi connectivity index (χ2v) is 3.38. The number of aliphatic imine (C=N–C) groups is 2. The van der Waals surface area contributed by atoms with Crippen LogP contribution in [0.15, 0.2) is 58.4 Å². The largest absolute Gasteiger partial charge is 0.355 e. The van der Waals surface area contributed by atoms with Crippen LogP contribution in [-0.4, -0.2) is 12.2 Å². The molecule has 4 nitrogen and oxygen atoms in total. The highest BCUT2D eigenvalue weighted by Gasteiger charge is 2.18. The van der Waals surface area contributed by atoms with Crippen LogP contribution in [0.4, 0.5) is 0 Å². The third-order valence-corrected chi connectivity index (χ3v) is 2.37. The molecule has 77 valence electrons. The van der Waals surface area contributed by atoms with Crippen LogP contribution >= 0.6 is 0 Å². The molecule has 0 saturated heterocycles. The van der Waals surface area contributed by atoms with Crippen LogP contribution in [-0.2, 0) is 0 Å². The topological polar surface area (TPSA) is 48.8 Å². The number of nitrogens with zero attached hydrogens (tertiary/aromatic N) is 2. The van der Waals surface area contributed by atoms with E-state index in [1.807, 2.05) is 30.3 Å². The normalized spacial score (nSPS) is 17.4. The van der Waals surface area contributed by atoms with Gasteiger partial charge in [-0.3, -0.25) is 0 Å². The van der Waals surface area contributed by atoms with Crippen molar-refractivity contribution in [3.8, 4) is 0 Å². The fraction of sp³-hybridized carbons (Fsp3) is 0. The minimum absolute atomic E-state index is 0.747. The van der Waals surface area contributed by atoms with Crippen LogP contribution in [0.3, 0.4) is 0 Å². The summed E-state index contributed by atoms with van der Waals surface area (Å²) in [4.78, 5) is 8.43. The van der Waals surface area contributed by atoms with Crippen LogP contribution < -0.4 is 10.6 Å². The Bertz CT molecular complexity index is 523. The predicted molar refractivity (Wildman–Crippen MR) is 63.6 cm³/mol. The summed E-state index contributed by atoms with van der Waals surface area (Å²) < 4.78 is 0. The summed E-state index contributed by atoms with van der Waals surface area (Å²) in [6.07, 6.45) is 6.22. The summed E-state index contributed by atoms with van der Waals surface area (Å²) in [5.74, 6) is 0.747. The van der Waals surface area contributed by atoms with Crippen LogP contribution in [0.2, 0.25) is 0 Å². The van der Waals surface area contributed by atoms with Gasteiger partial charge in [0.15, 0.2) is 12.2 Å². The lowest BCUT2D eigenvalue weighted by molar-refractivity contribution is 1.06. The van der Waals surface area contributed by atoms with Crippen molar-refractivity contribution in [2.45, 2.75) is 0 Å². The molecular formula is C12H9N4. The highest BCUT2D eigenvalue weighted by Crippen LogP contribution is 2.21. The molecule has 0 unspecified atom stereocenters. The summed E-state index contributed by atoms with van der Waals surface area (Å²) in [6, 6.07) is 9.96. The Morgan fingerprint density at radius 3 is 2.88 bits per heavy atom. The van der Waals surface area contributed by atoms with Gasteiger partial charge in [0.25, 0.3) is 0 Å². The van der Waals surface area contributed by atoms with Gasteiger partial charge in [-0.15, -0.1) is 0 Å². The average molecular weight is 209 g/mol. The number of hydrogen-bond donors (Lipinski definition) is 2. The lowest BCUT2D eigenvalue weighted by Crippen LogP contribution is -2.34. The van der Waals surface area contributed by atoms with Gasteiger partial charge < -0.3 is 10.6 Å². The van der Waals surface area contributed by atoms with Crippen molar-refractivity contribution in [2.24, 2.45) is 9.98 Å². The van der Waals surface area contributed by atoms with Gasteiger partial charge in [-0.2, -0.15) is 0 Å². The van der Waals surface area contributed by atoms with Gasteiger partial charge in [-0.25, -0.2) is 9.98 Å². The molecule has 3 rings (SSSR count). The molecule has 1 aromatic rings. The van der Waals surface area contributed by atoms with Gasteiger partial charge in [0, 0.05) is 18.0 Å². The van der Waals surface area contributed by atoms with E-state index < -0.39 is 0 Å². The van der Waals surface area contributed by atoms with Crippen LogP contribution in [0.1, 0.15) is 5.56 Å². The first-order chi connectivity index (χ1) is 7.95. The lowest BCUT2D eigenvalue weighted by atomic mass is 10.1. The Morgan fingerprint density at radius 1 is 1.12 bits per heavy atom. The Balaban J connectivity index is 2.13. The van der Waals surface area contributed by atoms with Crippen molar-refractivity contribution < 1.29 is 0 Å². The van der Waals surface area contributed by atoms with Gasteiger partial charge >= 0.3 is 0 Å². The molecule has 0 amide bonds. The van der Waals surface area contributed by atoms with Crippen LogP contribution in [0.5, 0.6) is 0 Å². The molecule has 0 bridgehead atoms. The molecule has 0 atom stereocenters. The van der Waals surface area contributed by atoms with E-state index in [0.717, 1.165) is 22.8 Å². The van der Waals surface area contributed by atoms with Crippen molar-refractivity contribution in [3.05, 3.63) is 54.0 Å². The molecule has 2 heterocycles. The number of fused-ring (bicyclic) bond motifs is 1. The third kappa shape index (κ3) is 1.40. The average Bonchev–Trinajstić information content (AvgIpc) is 2.39. The van der Waals surface area contributed by atoms with Gasteiger partial charge in [0.05, 0.1) is 0 Å². The predicted octanol–water partition coefficient (Wildman–Crippen LogP) is 1.34. The van der Waals surface area contributed by atoms with E-state index in [-0.39, 0.29) is 0 Å². The molecule has 0 fully saturated rings. The highest BCUT2D eigenvalue weighted by atomic mass is 15.1. The van der Waals surface area contributed by atoms with Crippen molar-refractivity contribution in [2.75, 3.05) is 0 Å². The summed E-state index contributed by atoms with van der Waals surface area (Å²) in [5, 5.41) is 6.02. The van der Waals surface area contributed by atoms with Crippen molar-refractivity contribution in [1.82, 2.24) is 10.6 Å². The molecule has 16 heavy (non-hydrogen) atoms. The van der Waals surface area contributed by atoms with E-state index in [2.05, 4.69) is 27.0 Å². The molecule has 1 aromatic carbocycles. The van der Waals surface area contributed by atoms with E-state index in [4.69, 9.17) is 0 Å². The minimum atomic E-state index is 0.747. The van der Waals surface area contributed by atoms with Crippen LogP contribution in [0, 0.1) is 0 Å². The van der Waals surface area contributed by atoms with Crippen molar-refractivity contribution in [3.63, 3.8) is 0 Å². The molecular weight excluding hydrogens is 200 g/mol. The van der Waals surface area contributed by atoms with Crippen LogP contribution in [0.25, 0.3) is 5.70 Å². The zero-order valence-corrected chi connectivity index (χ0v) is 8.44. The quantitative estimate of drug-likeness (QED) is 0.733. The fourth-order valence-corrected chi connectivity index (χ4v) is 1.64. The first kappa shape index (κ1) is 8.91. The molecule has 2 N–H and O–H groups in total. The van der Waals surface area contributed by atoms with Gasteiger partial charge in [0.2, 0.25) is 0 Å². The molecule has 0 aliphatic carbocycles. The molecule has 1 radical (unpaired) electrons. The Kier molecular flexibility index (Phi) is 2.04. The van der Waals surface area contributed by atoms with Crippen molar-refractivity contribution in [1.29, 1.82) is 0 Å². The number of nitrogens with one attached hydrogen (secondary N) is 2. The fourth-order valence-electron chi connectivity index (χ4n) is 1.64.